The van der Waals surface area contributed by atoms with E-state index in [-0.39, 0.29) is 11.4 Å². The van der Waals surface area contributed by atoms with Crippen LogP contribution in [0.3, 0.4) is 0 Å². The average Bonchev–Trinajstić information content (AvgIpc) is 3.29. The third kappa shape index (κ3) is 3.18. The molecular formula is C18H27N3O. The van der Waals surface area contributed by atoms with Gasteiger partial charge in [-0.1, -0.05) is 37.3 Å². The first-order valence-electron chi connectivity index (χ1n) is 8.41. The van der Waals surface area contributed by atoms with Gasteiger partial charge < -0.3 is 15.1 Å². The summed E-state index contributed by atoms with van der Waals surface area (Å²) in [5, 5.41) is 3.57. The topological polar surface area (TPSA) is 35.6 Å². The molecule has 22 heavy (non-hydrogen) atoms. The molecule has 2 fully saturated rings. The lowest BCUT2D eigenvalue weighted by Gasteiger charge is -2.33. The fraction of sp³-hybridized carbons (Fsp3) is 0.611. The molecule has 0 spiro atoms. The van der Waals surface area contributed by atoms with Crippen molar-refractivity contribution in [3.05, 3.63) is 35.9 Å². The Balaban J connectivity index is 1.53. The number of rotatable bonds is 5. The number of carbonyl (C=O) groups is 1. The summed E-state index contributed by atoms with van der Waals surface area (Å²) >= 11 is 0. The highest BCUT2D eigenvalue weighted by atomic mass is 16.2. The number of amides is 1. The van der Waals surface area contributed by atoms with E-state index >= 15 is 0 Å². The number of hydrogen-bond acceptors (Lipinski definition) is 3. The van der Waals surface area contributed by atoms with E-state index in [1.54, 1.807) is 0 Å². The molecule has 4 heteroatoms. The van der Waals surface area contributed by atoms with Gasteiger partial charge in [-0.15, -0.1) is 0 Å². The third-order valence-corrected chi connectivity index (χ3v) is 5.36. The molecule has 1 aromatic rings. The average molecular weight is 301 g/mol. The Hall–Kier alpha value is -1.39. The smallest absolute Gasteiger partial charge is 0.236 e. The minimum atomic E-state index is 0.129. The molecule has 1 heterocycles. The van der Waals surface area contributed by atoms with Crippen LogP contribution < -0.4 is 5.32 Å². The summed E-state index contributed by atoms with van der Waals surface area (Å²) < 4.78 is 0. The molecule has 1 aliphatic carbocycles. The fourth-order valence-electron chi connectivity index (χ4n) is 3.56. The Morgan fingerprint density at radius 2 is 1.91 bits per heavy atom. The molecule has 1 aromatic carbocycles. The van der Waals surface area contributed by atoms with Crippen LogP contribution in [0.5, 0.6) is 0 Å². The number of nitrogens with zero attached hydrogens (tertiary/aromatic N) is 2. The summed E-state index contributed by atoms with van der Waals surface area (Å²) in [7, 11) is 2.11. The fourth-order valence-corrected chi connectivity index (χ4v) is 3.56. The normalized spacial score (nSPS) is 28.6. The summed E-state index contributed by atoms with van der Waals surface area (Å²) in [6.07, 6.45) is 2.21. The zero-order valence-electron chi connectivity index (χ0n) is 13.7. The van der Waals surface area contributed by atoms with Crippen LogP contribution in [-0.4, -0.2) is 61.0 Å². The molecule has 120 valence electrons. The van der Waals surface area contributed by atoms with Gasteiger partial charge in [-0.2, -0.15) is 0 Å². The highest BCUT2D eigenvalue weighted by Crippen LogP contribution is 2.53. The highest BCUT2D eigenvalue weighted by molar-refractivity contribution is 5.78. The van der Waals surface area contributed by atoms with Crippen LogP contribution in [0.25, 0.3) is 0 Å². The Morgan fingerprint density at radius 3 is 2.55 bits per heavy atom. The number of carbonyl (C=O) groups excluding carboxylic acids is 1. The van der Waals surface area contributed by atoms with Gasteiger partial charge in [0.1, 0.15) is 0 Å². The summed E-state index contributed by atoms with van der Waals surface area (Å²) in [4.78, 5) is 16.7. The van der Waals surface area contributed by atoms with Crippen molar-refractivity contribution in [1.29, 1.82) is 0 Å². The molecule has 1 saturated carbocycles. The minimum absolute atomic E-state index is 0.129. The van der Waals surface area contributed by atoms with Gasteiger partial charge in [0, 0.05) is 37.6 Å². The van der Waals surface area contributed by atoms with Crippen molar-refractivity contribution in [2.75, 3.05) is 39.8 Å². The number of piperazine rings is 1. The van der Waals surface area contributed by atoms with E-state index in [0.29, 0.717) is 12.5 Å². The van der Waals surface area contributed by atoms with Crippen LogP contribution in [-0.2, 0) is 4.79 Å². The zero-order chi connectivity index (χ0) is 15.6. The van der Waals surface area contributed by atoms with Crippen molar-refractivity contribution >= 4 is 5.91 Å². The predicted octanol–water partition coefficient (Wildman–Crippen LogP) is 1.69. The summed E-state index contributed by atoms with van der Waals surface area (Å²) in [5.41, 5.74) is 1.52. The lowest BCUT2D eigenvalue weighted by molar-refractivity contribution is -0.132. The largest absolute Gasteiger partial charge is 0.339 e. The first-order chi connectivity index (χ1) is 10.6. The Labute approximate surface area is 133 Å². The molecule has 0 aromatic heterocycles. The van der Waals surface area contributed by atoms with Gasteiger partial charge in [-0.05, 0) is 25.5 Å². The molecule has 1 N–H and O–H groups in total. The van der Waals surface area contributed by atoms with E-state index in [4.69, 9.17) is 0 Å². The van der Waals surface area contributed by atoms with Crippen molar-refractivity contribution in [2.24, 2.45) is 0 Å². The maximum absolute atomic E-state index is 12.4. The van der Waals surface area contributed by atoms with E-state index in [0.717, 1.165) is 39.0 Å². The van der Waals surface area contributed by atoms with Gasteiger partial charge in [0.15, 0.2) is 0 Å². The number of nitrogens with one attached hydrogen (secondary N) is 1. The quantitative estimate of drug-likeness (QED) is 0.899. The molecule has 0 radical (unpaired) electrons. The summed E-state index contributed by atoms with van der Waals surface area (Å²) in [5.74, 6) is 0.804. The summed E-state index contributed by atoms with van der Waals surface area (Å²) in [6, 6.07) is 10.7. The molecule has 2 aliphatic rings. The van der Waals surface area contributed by atoms with Gasteiger partial charge >= 0.3 is 0 Å². The van der Waals surface area contributed by atoms with Crippen molar-refractivity contribution < 1.29 is 4.79 Å². The third-order valence-electron chi connectivity index (χ3n) is 5.36. The molecule has 1 saturated heterocycles. The monoisotopic (exact) mass is 301 g/mol. The van der Waals surface area contributed by atoms with Crippen LogP contribution in [0.2, 0.25) is 0 Å². The number of benzene rings is 1. The Morgan fingerprint density at radius 1 is 1.23 bits per heavy atom. The van der Waals surface area contributed by atoms with Gasteiger partial charge in [0.25, 0.3) is 0 Å². The molecule has 0 unspecified atom stereocenters. The van der Waals surface area contributed by atoms with Crippen LogP contribution in [0.4, 0.5) is 0 Å². The maximum Gasteiger partial charge on any atom is 0.236 e. The van der Waals surface area contributed by atoms with E-state index in [1.165, 1.54) is 5.56 Å². The van der Waals surface area contributed by atoms with Crippen molar-refractivity contribution in [3.63, 3.8) is 0 Å². The lowest BCUT2D eigenvalue weighted by Crippen LogP contribution is -2.50. The second-order valence-electron chi connectivity index (χ2n) is 6.71. The first kappa shape index (κ1) is 15.5. The number of likely N-dealkylation sites (N-methyl/N-ethyl adjacent to an activating group) is 1. The second-order valence-corrected chi connectivity index (χ2v) is 6.71. The van der Waals surface area contributed by atoms with Gasteiger partial charge in [0.05, 0.1) is 6.54 Å². The molecule has 1 amide bonds. The standard InChI is InChI=1S/C18H27N3O/c1-3-18(13-16(18)15-7-5-4-6-8-15)19-14-17(22)21-11-9-20(2)10-12-21/h4-8,16,19H,3,9-14H2,1-2H3/t16-,18-/m1/s1. The molecule has 4 nitrogen and oxygen atoms in total. The minimum Gasteiger partial charge on any atom is -0.339 e. The van der Waals surface area contributed by atoms with Crippen molar-refractivity contribution in [1.82, 2.24) is 15.1 Å². The molecule has 1 aliphatic heterocycles. The van der Waals surface area contributed by atoms with Gasteiger partial charge in [0.2, 0.25) is 5.91 Å². The Kier molecular flexibility index (Phi) is 4.50. The van der Waals surface area contributed by atoms with Gasteiger partial charge in [-0.3, -0.25) is 4.79 Å². The zero-order valence-corrected chi connectivity index (χ0v) is 13.7. The van der Waals surface area contributed by atoms with Crippen LogP contribution >= 0.6 is 0 Å². The van der Waals surface area contributed by atoms with Crippen LogP contribution in [0.1, 0.15) is 31.2 Å². The Bertz CT molecular complexity index is 510. The van der Waals surface area contributed by atoms with E-state index < -0.39 is 0 Å². The van der Waals surface area contributed by atoms with E-state index in [2.05, 4.69) is 54.5 Å². The van der Waals surface area contributed by atoms with Crippen LogP contribution in [0, 0.1) is 0 Å². The van der Waals surface area contributed by atoms with Crippen molar-refractivity contribution in [2.45, 2.75) is 31.2 Å². The molecule has 3 rings (SSSR count). The first-order valence-corrected chi connectivity index (χ1v) is 8.41. The SMILES string of the molecule is CC[C@@]1(NCC(=O)N2CCN(C)CC2)C[C@@H]1c1ccccc1. The second kappa shape index (κ2) is 6.39. The van der Waals surface area contributed by atoms with E-state index in [1.807, 2.05) is 4.90 Å². The lowest BCUT2D eigenvalue weighted by atomic mass is 10.0. The highest BCUT2D eigenvalue weighted by Gasteiger charge is 2.53. The number of hydrogen-bond donors (Lipinski definition) is 1. The molecular weight excluding hydrogens is 274 g/mol. The molecule has 0 bridgehead atoms. The maximum atomic E-state index is 12.4. The molecule has 2 atom stereocenters. The van der Waals surface area contributed by atoms with Crippen molar-refractivity contribution in [3.8, 4) is 0 Å². The van der Waals surface area contributed by atoms with Gasteiger partial charge in [-0.25, -0.2) is 0 Å². The predicted molar refractivity (Wildman–Crippen MR) is 88.9 cm³/mol. The summed E-state index contributed by atoms with van der Waals surface area (Å²) in [6.45, 7) is 6.38. The van der Waals surface area contributed by atoms with Crippen LogP contribution in [0.15, 0.2) is 30.3 Å². The van der Waals surface area contributed by atoms with E-state index in [9.17, 15) is 4.79 Å².